The van der Waals surface area contributed by atoms with E-state index >= 15 is 0 Å². The van der Waals surface area contributed by atoms with Crippen molar-refractivity contribution in [3.05, 3.63) is 24.3 Å². The summed E-state index contributed by atoms with van der Waals surface area (Å²) in [5.41, 5.74) is 0. The summed E-state index contributed by atoms with van der Waals surface area (Å²) in [6.07, 6.45) is 9.99. The summed E-state index contributed by atoms with van der Waals surface area (Å²) < 4.78 is 10.8. The maximum Gasteiger partial charge on any atom is 0.220 e. The van der Waals surface area contributed by atoms with Crippen LogP contribution >= 0.6 is 0 Å². The first-order valence-corrected chi connectivity index (χ1v) is 8.84. The van der Waals surface area contributed by atoms with Crippen LogP contribution < -0.4 is 14.8 Å². The van der Waals surface area contributed by atoms with Crippen molar-refractivity contribution in [2.24, 2.45) is 0 Å². The molecule has 0 heterocycles. The molecule has 0 aliphatic heterocycles. The third-order valence-electron chi connectivity index (χ3n) is 4.35. The van der Waals surface area contributed by atoms with Crippen LogP contribution in [0.15, 0.2) is 24.3 Å². The predicted octanol–water partition coefficient (Wildman–Crippen LogP) is 4.08. The van der Waals surface area contributed by atoms with E-state index in [9.17, 15) is 4.79 Å². The molecule has 128 valence electrons. The third kappa shape index (κ3) is 6.93. The van der Waals surface area contributed by atoms with Crippen LogP contribution in [0.1, 0.15) is 57.8 Å². The minimum atomic E-state index is 0.161. The fraction of sp³-hybridized carbons (Fsp3) is 0.632. The van der Waals surface area contributed by atoms with Gasteiger partial charge in [0.25, 0.3) is 0 Å². The van der Waals surface area contributed by atoms with Gasteiger partial charge < -0.3 is 14.8 Å². The molecule has 0 atom stereocenters. The Morgan fingerprint density at radius 2 is 1.65 bits per heavy atom. The van der Waals surface area contributed by atoms with Crippen LogP contribution in [0.4, 0.5) is 0 Å². The molecule has 1 amide bonds. The Morgan fingerprint density at radius 1 is 1.04 bits per heavy atom. The topological polar surface area (TPSA) is 47.6 Å². The molecule has 1 saturated carbocycles. The highest BCUT2D eigenvalue weighted by molar-refractivity contribution is 5.76. The van der Waals surface area contributed by atoms with E-state index in [1.54, 1.807) is 7.11 Å². The molecule has 1 aromatic rings. The molecule has 0 aromatic heterocycles. The largest absolute Gasteiger partial charge is 0.497 e. The molecule has 0 bridgehead atoms. The monoisotopic (exact) mass is 319 g/mol. The quantitative estimate of drug-likeness (QED) is 0.770. The standard InChI is InChI=1S/C19H29NO3/c1-22-17-11-13-18(14-12-17)23-15-7-10-19(21)20-16-8-5-3-2-4-6-9-16/h11-14,16H,2-10,15H2,1H3,(H,20,21). The van der Waals surface area contributed by atoms with Gasteiger partial charge in [0.1, 0.15) is 11.5 Å². The lowest BCUT2D eigenvalue weighted by Gasteiger charge is -2.21. The zero-order valence-electron chi connectivity index (χ0n) is 14.2. The smallest absolute Gasteiger partial charge is 0.220 e. The molecule has 1 N–H and O–H groups in total. The first kappa shape index (κ1) is 17.6. The number of carbonyl (C=O) groups excluding carboxylic acids is 1. The Balaban J connectivity index is 1.60. The average Bonchev–Trinajstić information content (AvgIpc) is 2.54. The van der Waals surface area contributed by atoms with Crippen LogP contribution in [0.25, 0.3) is 0 Å². The highest BCUT2D eigenvalue weighted by Gasteiger charge is 2.13. The van der Waals surface area contributed by atoms with Gasteiger partial charge in [-0.25, -0.2) is 0 Å². The van der Waals surface area contributed by atoms with E-state index in [2.05, 4.69) is 5.32 Å². The second-order valence-electron chi connectivity index (χ2n) is 6.24. The minimum absolute atomic E-state index is 0.161. The summed E-state index contributed by atoms with van der Waals surface area (Å²) in [5.74, 6) is 1.79. The number of hydrogen-bond acceptors (Lipinski definition) is 3. The highest BCUT2D eigenvalue weighted by Crippen LogP contribution is 2.18. The van der Waals surface area contributed by atoms with E-state index in [0.29, 0.717) is 19.1 Å². The lowest BCUT2D eigenvalue weighted by molar-refractivity contribution is -0.122. The molecule has 1 fully saturated rings. The minimum Gasteiger partial charge on any atom is -0.497 e. The van der Waals surface area contributed by atoms with Gasteiger partial charge in [-0.3, -0.25) is 4.79 Å². The fourth-order valence-corrected chi connectivity index (χ4v) is 3.00. The SMILES string of the molecule is COc1ccc(OCCCC(=O)NC2CCCCCCC2)cc1. The van der Waals surface area contributed by atoms with Crippen molar-refractivity contribution in [2.45, 2.75) is 63.8 Å². The molecule has 23 heavy (non-hydrogen) atoms. The van der Waals surface area contributed by atoms with E-state index in [1.807, 2.05) is 24.3 Å². The molecule has 1 aromatic carbocycles. The first-order valence-electron chi connectivity index (χ1n) is 8.84. The van der Waals surface area contributed by atoms with E-state index in [-0.39, 0.29) is 5.91 Å². The Bertz CT molecular complexity index is 450. The molecule has 0 spiro atoms. The zero-order chi connectivity index (χ0) is 16.3. The van der Waals surface area contributed by atoms with Crippen LogP contribution in [0, 0.1) is 0 Å². The Labute approximate surface area is 139 Å². The van der Waals surface area contributed by atoms with E-state index < -0.39 is 0 Å². The lowest BCUT2D eigenvalue weighted by Crippen LogP contribution is -2.35. The summed E-state index contributed by atoms with van der Waals surface area (Å²) in [4.78, 5) is 12.0. The summed E-state index contributed by atoms with van der Waals surface area (Å²) in [5, 5.41) is 3.19. The molecule has 0 saturated heterocycles. The summed E-state index contributed by atoms with van der Waals surface area (Å²) >= 11 is 0. The van der Waals surface area contributed by atoms with Gasteiger partial charge in [0.05, 0.1) is 13.7 Å². The molecule has 2 rings (SSSR count). The number of nitrogens with one attached hydrogen (secondary N) is 1. The van der Waals surface area contributed by atoms with Crippen molar-refractivity contribution in [1.82, 2.24) is 5.32 Å². The zero-order valence-corrected chi connectivity index (χ0v) is 14.2. The summed E-state index contributed by atoms with van der Waals surface area (Å²) in [7, 11) is 1.64. The number of rotatable bonds is 7. The molecule has 1 aliphatic rings. The number of ether oxygens (including phenoxy) is 2. The molecule has 0 radical (unpaired) electrons. The van der Waals surface area contributed by atoms with Crippen molar-refractivity contribution >= 4 is 5.91 Å². The van der Waals surface area contributed by atoms with Crippen LogP contribution in [0.2, 0.25) is 0 Å². The van der Waals surface area contributed by atoms with Crippen molar-refractivity contribution in [2.75, 3.05) is 13.7 Å². The van der Waals surface area contributed by atoms with Crippen LogP contribution in [-0.4, -0.2) is 25.7 Å². The Morgan fingerprint density at radius 3 is 2.30 bits per heavy atom. The van der Waals surface area contributed by atoms with Crippen LogP contribution in [-0.2, 0) is 4.79 Å². The van der Waals surface area contributed by atoms with Gasteiger partial charge >= 0.3 is 0 Å². The normalized spacial score (nSPS) is 16.2. The molecular formula is C19H29NO3. The van der Waals surface area contributed by atoms with Gasteiger partial charge in [0.2, 0.25) is 5.91 Å². The molecule has 4 heteroatoms. The lowest BCUT2D eigenvalue weighted by atomic mass is 9.96. The van der Waals surface area contributed by atoms with Gasteiger partial charge in [-0.15, -0.1) is 0 Å². The van der Waals surface area contributed by atoms with Gasteiger partial charge in [-0.2, -0.15) is 0 Å². The van der Waals surface area contributed by atoms with Gasteiger partial charge in [0.15, 0.2) is 0 Å². The van der Waals surface area contributed by atoms with E-state index in [4.69, 9.17) is 9.47 Å². The highest BCUT2D eigenvalue weighted by atomic mass is 16.5. The third-order valence-corrected chi connectivity index (χ3v) is 4.35. The van der Waals surface area contributed by atoms with E-state index in [0.717, 1.165) is 30.8 Å². The van der Waals surface area contributed by atoms with Gasteiger partial charge in [-0.05, 0) is 43.5 Å². The van der Waals surface area contributed by atoms with Gasteiger partial charge in [-0.1, -0.05) is 32.1 Å². The maximum atomic E-state index is 12.0. The molecule has 1 aliphatic carbocycles. The maximum absolute atomic E-state index is 12.0. The first-order chi connectivity index (χ1) is 11.3. The second-order valence-corrected chi connectivity index (χ2v) is 6.24. The van der Waals surface area contributed by atoms with Crippen LogP contribution in [0.5, 0.6) is 11.5 Å². The second kappa shape index (κ2) is 10.1. The number of methoxy groups -OCH3 is 1. The van der Waals surface area contributed by atoms with Gasteiger partial charge in [0, 0.05) is 12.5 Å². The number of benzene rings is 1. The van der Waals surface area contributed by atoms with Crippen molar-refractivity contribution in [3.63, 3.8) is 0 Å². The summed E-state index contributed by atoms with van der Waals surface area (Å²) in [6, 6.07) is 7.89. The van der Waals surface area contributed by atoms with Crippen LogP contribution in [0.3, 0.4) is 0 Å². The Kier molecular flexibility index (Phi) is 7.78. The van der Waals surface area contributed by atoms with Crippen molar-refractivity contribution < 1.29 is 14.3 Å². The number of hydrogen-bond donors (Lipinski definition) is 1. The fourth-order valence-electron chi connectivity index (χ4n) is 3.00. The molecule has 4 nitrogen and oxygen atoms in total. The molecule has 0 unspecified atom stereocenters. The number of carbonyl (C=O) groups is 1. The van der Waals surface area contributed by atoms with Crippen molar-refractivity contribution in [1.29, 1.82) is 0 Å². The average molecular weight is 319 g/mol. The number of amides is 1. The van der Waals surface area contributed by atoms with E-state index in [1.165, 1.54) is 32.1 Å². The molecular weight excluding hydrogens is 290 g/mol. The Hall–Kier alpha value is -1.71. The summed E-state index contributed by atoms with van der Waals surface area (Å²) in [6.45, 7) is 0.560. The predicted molar refractivity (Wildman–Crippen MR) is 92.0 cm³/mol. The van der Waals surface area contributed by atoms with Crippen molar-refractivity contribution in [3.8, 4) is 11.5 Å².